The summed E-state index contributed by atoms with van der Waals surface area (Å²) in [6.07, 6.45) is 0. The van der Waals surface area contributed by atoms with Gasteiger partial charge >= 0.3 is 0 Å². The molecule has 2 aromatic carbocycles. The van der Waals surface area contributed by atoms with Crippen molar-refractivity contribution in [1.29, 1.82) is 0 Å². The second kappa shape index (κ2) is 5.99. The van der Waals surface area contributed by atoms with Crippen molar-refractivity contribution >= 4 is 40.7 Å². The third-order valence-corrected chi connectivity index (χ3v) is 4.07. The lowest BCUT2D eigenvalue weighted by atomic mass is 10.1. The summed E-state index contributed by atoms with van der Waals surface area (Å²) >= 11 is 5.92. The Bertz CT molecular complexity index is 957. The number of rotatable bonds is 3. The van der Waals surface area contributed by atoms with Crippen LogP contribution in [0.25, 0.3) is 0 Å². The molecule has 0 saturated carbocycles. The Hall–Kier alpha value is -3.26. The van der Waals surface area contributed by atoms with Crippen molar-refractivity contribution in [3.63, 3.8) is 0 Å². The number of nitro groups is 1. The van der Waals surface area contributed by atoms with Crippen LogP contribution in [0, 0.1) is 10.1 Å². The number of hydrogen-bond donors (Lipinski definition) is 1. The molecular formula is C16H10ClN3O5. The minimum atomic E-state index is -0.618. The highest BCUT2D eigenvalue weighted by Gasteiger charge is 2.32. The smallest absolute Gasteiger partial charge is 0.270 e. The maximum absolute atomic E-state index is 12.3. The summed E-state index contributed by atoms with van der Waals surface area (Å²) in [6, 6.07) is 7.82. The molecular weight excluding hydrogens is 350 g/mol. The maximum atomic E-state index is 12.3. The number of anilines is 1. The van der Waals surface area contributed by atoms with Gasteiger partial charge in [-0.05, 0) is 24.3 Å². The van der Waals surface area contributed by atoms with Crippen LogP contribution in [-0.4, -0.2) is 34.6 Å². The second-order valence-corrected chi connectivity index (χ2v) is 5.71. The normalized spacial score (nSPS) is 13.0. The molecule has 0 atom stereocenters. The number of imide groups is 1. The number of fused-ring (bicyclic) bond motifs is 1. The van der Waals surface area contributed by atoms with Gasteiger partial charge < -0.3 is 5.32 Å². The number of halogens is 1. The molecule has 0 fully saturated rings. The van der Waals surface area contributed by atoms with Crippen molar-refractivity contribution < 1.29 is 19.3 Å². The number of carbonyl (C=O) groups is 3. The molecule has 0 aliphatic carbocycles. The average Bonchev–Trinajstić information content (AvgIpc) is 2.79. The molecule has 0 spiro atoms. The van der Waals surface area contributed by atoms with Gasteiger partial charge in [-0.1, -0.05) is 11.6 Å². The monoisotopic (exact) mass is 359 g/mol. The van der Waals surface area contributed by atoms with Gasteiger partial charge in [-0.3, -0.25) is 29.4 Å². The number of non-ortho nitro benzene ring substituents is 1. The quantitative estimate of drug-likeness (QED) is 0.514. The van der Waals surface area contributed by atoms with E-state index in [0.29, 0.717) is 5.69 Å². The van der Waals surface area contributed by atoms with Gasteiger partial charge in [0.15, 0.2) is 0 Å². The average molecular weight is 360 g/mol. The molecule has 1 aliphatic heterocycles. The highest BCUT2D eigenvalue weighted by Crippen LogP contribution is 2.26. The standard InChI is InChI=1S/C16H10ClN3O5/c1-19-15(22)10-4-2-8(6-12(10)16(19)23)18-14(21)11-5-3-9(20(24)25)7-13(11)17/h2-7H,1H3,(H,18,21). The van der Waals surface area contributed by atoms with E-state index in [9.17, 15) is 24.5 Å². The van der Waals surface area contributed by atoms with Crippen molar-refractivity contribution in [2.75, 3.05) is 12.4 Å². The second-order valence-electron chi connectivity index (χ2n) is 5.31. The summed E-state index contributed by atoms with van der Waals surface area (Å²) in [4.78, 5) is 47.2. The van der Waals surface area contributed by atoms with Gasteiger partial charge in [0.1, 0.15) is 0 Å². The first kappa shape index (κ1) is 16.6. The summed E-state index contributed by atoms with van der Waals surface area (Å²) in [5, 5.41) is 13.2. The molecule has 1 N–H and O–H groups in total. The zero-order chi connectivity index (χ0) is 18.3. The first-order valence-electron chi connectivity index (χ1n) is 7.01. The summed E-state index contributed by atoms with van der Waals surface area (Å²) in [7, 11) is 1.37. The van der Waals surface area contributed by atoms with E-state index in [1.165, 1.54) is 37.4 Å². The van der Waals surface area contributed by atoms with Crippen molar-refractivity contribution in [3.8, 4) is 0 Å². The van der Waals surface area contributed by atoms with Crippen molar-refractivity contribution in [3.05, 3.63) is 68.2 Å². The molecule has 25 heavy (non-hydrogen) atoms. The van der Waals surface area contributed by atoms with Gasteiger partial charge in [0, 0.05) is 24.9 Å². The Morgan fingerprint density at radius 1 is 1.12 bits per heavy atom. The molecule has 3 rings (SSSR count). The Morgan fingerprint density at radius 3 is 2.44 bits per heavy atom. The lowest BCUT2D eigenvalue weighted by Crippen LogP contribution is -2.24. The zero-order valence-electron chi connectivity index (χ0n) is 12.8. The number of nitro benzene ring substituents is 1. The number of nitrogens with one attached hydrogen (secondary N) is 1. The minimum absolute atomic E-state index is 0.0484. The van der Waals surface area contributed by atoms with Gasteiger partial charge in [-0.25, -0.2) is 0 Å². The molecule has 3 amide bonds. The Labute approximate surface area is 146 Å². The van der Waals surface area contributed by atoms with E-state index in [4.69, 9.17) is 11.6 Å². The first-order valence-corrected chi connectivity index (χ1v) is 7.39. The third kappa shape index (κ3) is 2.83. The molecule has 0 aromatic heterocycles. The lowest BCUT2D eigenvalue weighted by molar-refractivity contribution is -0.384. The van der Waals surface area contributed by atoms with Crippen LogP contribution in [0.3, 0.4) is 0 Å². The molecule has 1 heterocycles. The Balaban J connectivity index is 1.87. The fraction of sp³-hybridized carbons (Fsp3) is 0.0625. The molecule has 126 valence electrons. The largest absolute Gasteiger partial charge is 0.322 e. The zero-order valence-corrected chi connectivity index (χ0v) is 13.5. The third-order valence-electron chi connectivity index (χ3n) is 3.76. The van der Waals surface area contributed by atoms with Crippen LogP contribution in [0.1, 0.15) is 31.1 Å². The van der Waals surface area contributed by atoms with Crippen LogP contribution < -0.4 is 5.32 Å². The van der Waals surface area contributed by atoms with Crippen LogP contribution in [0.5, 0.6) is 0 Å². The van der Waals surface area contributed by atoms with Crippen LogP contribution in [-0.2, 0) is 0 Å². The van der Waals surface area contributed by atoms with Crippen molar-refractivity contribution in [2.24, 2.45) is 0 Å². The maximum Gasteiger partial charge on any atom is 0.270 e. The number of carbonyl (C=O) groups excluding carboxylic acids is 3. The van der Waals surface area contributed by atoms with Crippen molar-refractivity contribution in [2.45, 2.75) is 0 Å². The fourth-order valence-corrected chi connectivity index (χ4v) is 2.70. The van der Waals surface area contributed by atoms with Crippen molar-refractivity contribution in [1.82, 2.24) is 4.90 Å². The van der Waals surface area contributed by atoms with Gasteiger partial charge in [-0.15, -0.1) is 0 Å². The first-order chi connectivity index (χ1) is 11.8. The number of amides is 3. The summed E-state index contributed by atoms with van der Waals surface area (Å²) < 4.78 is 0. The van der Waals surface area contributed by atoms with Gasteiger partial charge in [0.2, 0.25) is 0 Å². The van der Waals surface area contributed by atoms with E-state index in [1.54, 1.807) is 0 Å². The number of hydrogen-bond acceptors (Lipinski definition) is 5. The number of nitrogens with zero attached hydrogens (tertiary/aromatic N) is 2. The molecule has 8 nitrogen and oxygen atoms in total. The summed E-state index contributed by atoms with van der Waals surface area (Å²) in [5.41, 5.74) is 0.576. The SMILES string of the molecule is CN1C(=O)c2ccc(NC(=O)c3ccc([N+](=O)[O-])cc3Cl)cc2C1=O. The lowest BCUT2D eigenvalue weighted by Gasteiger charge is -2.07. The fourth-order valence-electron chi connectivity index (χ4n) is 2.44. The van der Waals surface area contributed by atoms with E-state index in [1.807, 2.05) is 0 Å². The van der Waals surface area contributed by atoms with Crippen LogP contribution in [0.2, 0.25) is 5.02 Å². The van der Waals surface area contributed by atoms with E-state index in [-0.39, 0.29) is 27.4 Å². The van der Waals surface area contributed by atoms with E-state index >= 15 is 0 Å². The summed E-state index contributed by atoms with van der Waals surface area (Å²) in [5.74, 6) is -1.45. The van der Waals surface area contributed by atoms with Crippen LogP contribution in [0.15, 0.2) is 36.4 Å². The molecule has 2 aromatic rings. The molecule has 0 radical (unpaired) electrons. The highest BCUT2D eigenvalue weighted by atomic mass is 35.5. The van der Waals surface area contributed by atoms with Gasteiger partial charge in [0.25, 0.3) is 23.4 Å². The predicted octanol–water partition coefficient (Wildman–Crippen LogP) is 2.73. The van der Waals surface area contributed by atoms with Gasteiger partial charge in [-0.2, -0.15) is 0 Å². The van der Waals surface area contributed by atoms with Crippen LogP contribution in [0.4, 0.5) is 11.4 Å². The van der Waals surface area contributed by atoms with E-state index in [2.05, 4.69) is 5.32 Å². The van der Waals surface area contributed by atoms with E-state index in [0.717, 1.165) is 11.0 Å². The molecule has 0 bridgehead atoms. The predicted molar refractivity (Wildman–Crippen MR) is 88.9 cm³/mol. The Kier molecular flexibility index (Phi) is 3.97. The van der Waals surface area contributed by atoms with Crippen LogP contribution >= 0.6 is 11.6 Å². The highest BCUT2D eigenvalue weighted by molar-refractivity contribution is 6.34. The van der Waals surface area contributed by atoms with E-state index < -0.39 is 22.6 Å². The molecule has 1 aliphatic rings. The topological polar surface area (TPSA) is 110 Å². The molecule has 0 saturated heterocycles. The van der Waals surface area contributed by atoms with Gasteiger partial charge in [0.05, 0.1) is 26.6 Å². The minimum Gasteiger partial charge on any atom is -0.322 e. The number of benzene rings is 2. The molecule has 9 heteroatoms. The summed E-state index contributed by atoms with van der Waals surface area (Å²) in [6.45, 7) is 0. The molecule has 0 unspecified atom stereocenters. The Morgan fingerprint density at radius 2 is 1.80 bits per heavy atom.